The number of ketones is 2. The Kier molecular flexibility index (Phi) is 4.25. The van der Waals surface area contributed by atoms with Crippen LogP contribution in [0, 0.1) is 10.1 Å². The smallest absolute Gasteiger partial charge is 0.289 e. The average Bonchev–Trinajstić information content (AvgIpc) is 2.72. The van der Waals surface area contributed by atoms with Gasteiger partial charge in [-0.05, 0) is 24.3 Å². The fraction of sp³-hybridized carbons (Fsp3) is 0. The molecule has 0 fully saturated rings. The van der Waals surface area contributed by atoms with Crippen molar-refractivity contribution in [3.05, 3.63) is 105 Å². The van der Waals surface area contributed by atoms with Crippen LogP contribution in [-0.2, 0) is 0 Å². The SMILES string of the molecule is O=C1c2ccccc2C(=O)c2c1ccc(C=NNc1ccccc1)c2[N+](=O)[O-]. The minimum atomic E-state index is -0.651. The van der Waals surface area contributed by atoms with E-state index in [0.717, 1.165) is 0 Å². The number of nitrogens with one attached hydrogen (secondary N) is 1. The van der Waals surface area contributed by atoms with E-state index in [4.69, 9.17) is 0 Å². The molecule has 0 saturated carbocycles. The molecule has 0 aliphatic heterocycles. The number of nitro benzene ring substituents is 1. The van der Waals surface area contributed by atoms with Gasteiger partial charge in [0.2, 0.25) is 5.78 Å². The van der Waals surface area contributed by atoms with Gasteiger partial charge in [-0.1, -0.05) is 42.5 Å². The van der Waals surface area contributed by atoms with Gasteiger partial charge >= 0.3 is 0 Å². The van der Waals surface area contributed by atoms with E-state index in [1.54, 1.807) is 30.3 Å². The molecule has 28 heavy (non-hydrogen) atoms. The molecule has 1 N–H and O–H groups in total. The Labute approximate surface area is 159 Å². The molecular weight excluding hydrogens is 358 g/mol. The van der Waals surface area contributed by atoms with Crippen molar-refractivity contribution in [2.45, 2.75) is 0 Å². The lowest BCUT2D eigenvalue weighted by molar-refractivity contribution is -0.385. The van der Waals surface area contributed by atoms with Crippen molar-refractivity contribution >= 4 is 29.2 Å². The first kappa shape index (κ1) is 17.3. The monoisotopic (exact) mass is 371 g/mol. The van der Waals surface area contributed by atoms with Crippen LogP contribution < -0.4 is 5.43 Å². The summed E-state index contributed by atoms with van der Waals surface area (Å²) in [5.74, 6) is -0.942. The number of carbonyl (C=O) groups is 2. The first-order valence-corrected chi connectivity index (χ1v) is 8.42. The lowest BCUT2D eigenvalue weighted by Gasteiger charge is -2.17. The lowest BCUT2D eigenvalue weighted by atomic mass is 9.82. The second-order valence-electron chi connectivity index (χ2n) is 6.12. The topological polar surface area (TPSA) is 102 Å². The van der Waals surface area contributed by atoms with Crippen molar-refractivity contribution in [2.75, 3.05) is 5.43 Å². The first-order chi connectivity index (χ1) is 13.6. The fourth-order valence-corrected chi connectivity index (χ4v) is 3.18. The van der Waals surface area contributed by atoms with Gasteiger partial charge in [0.15, 0.2) is 5.78 Å². The zero-order valence-corrected chi connectivity index (χ0v) is 14.5. The molecule has 1 aliphatic rings. The van der Waals surface area contributed by atoms with Gasteiger partial charge in [0.05, 0.1) is 22.4 Å². The van der Waals surface area contributed by atoms with Crippen molar-refractivity contribution in [3.63, 3.8) is 0 Å². The number of hydrogen-bond donors (Lipinski definition) is 1. The third-order valence-corrected chi connectivity index (χ3v) is 4.45. The quantitative estimate of drug-likeness (QED) is 0.334. The van der Waals surface area contributed by atoms with Gasteiger partial charge < -0.3 is 0 Å². The summed E-state index contributed by atoms with van der Waals surface area (Å²) in [5, 5.41) is 15.8. The van der Waals surface area contributed by atoms with Crippen LogP contribution in [0.5, 0.6) is 0 Å². The van der Waals surface area contributed by atoms with E-state index in [2.05, 4.69) is 10.5 Å². The molecule has 1 aliphatic carbocycles. The van der Waals surface area contributed by atoms with Crippen LogP contribution in [0.4, 0.5) is 11.4 Å². The number of benzene rings is 3. The summed E-state index contributed by atoms with van der Waals surface area (Å²) >= 11 is 0. The highest BCUT2D eigenvalue weighted by Crippen LogP contribution is 2.34. The molecule has 0 aromatic heterocycles. The summed E-state index contributed by atoms with van der Waals surface area (Å²) in [5.41, 5.74) is 3.43. The van der Waals surface area contributed by atoms with Crippen LogP contribution in [0.1, 0.15) is 37.4 Å². The summed E-state index contributed by atoms with van der Waals surface area (Å²) in [6, 6.07) is 18.2. The Morgan fingerprint density at radius 3 is 2.14 bits per heavy atom. The molecule has 0 unspecified atom stereocenters. The second kappa shape index (κ2) is 6.88. The Balaban J connectivity index is 1.80. The van der Waals surface area contributed by atoms with Gasteiger partial charge in [-0.25, -0.2) is 0 Å². The Morgan fingerprint density at radius 1 is 0.821 bits per heavy atom. The van der Waals surface area contributed by atoms with E-state index >= 15 is 0 Å². The summed E-state index contributed by atoms with van der Waals surface area (Å²) in [7, 11) is 0. The number of anilines is 1. The lowest BCUT2D eigenvalue weighted by Crippen LogP contribution is -2.22. The van der Waals surface area contributed by atoms with Gasteiger partial charge in [0.1, 0.15) is 5.56 Å². The number of hydrogen-bond acceptors (Lipinski definition) is 6. The molecule has 0 spiro atoms. The first-order valence-electron chi connectivity index (χ1n) is 8.42. The fourth-order valence-electron chi connectivity index (χ4n) is 3.18. The minimum absolute atomic E-state index is 0.0311. The van der Waals surface area contributed by atoms with Crippen molar-refractivity contribution in [1.82, 2.24) is 0 Å². The van der Waals surface area contributed by atoms with Crippen molar-refractivity contribution in [2.24, 2.45) is 5.10 Å². The number of rotatable bonds is 4. The Hall–Kier alpha value is -4.13. The van der Waals surface area contributed by atoms with E-state index in [9.17, 15) is 19.7 Å². The maximum atomic E-state index is 12.9. The van der Waals surface area contributed by atoms with Crippen LogP contribution >= 0.6 is 0 Å². The Morgan fingerprint density at radius 2 is 1.46 bits per heavy atom. The van der Waals surface area contributed by atoms with Crippen molar-refractivity contribution in [3.8, 4) is 0 Å². The van der Waals surface area contributed by atoms with Crippen LogP contribution in [-0.4, -0.2) is 22.7 Å². The van der Waals surface area contributed by atoms with E-state index in [0.29, 0.717) is 5.69 Å². The van der Waals surface area contributed by atoms with Gasteiger partial charge in [0, 0.05) is 16.7 Å². The zero-order valence-electron chi connectivity index (χ0n) is 14.5. The number of hydrazone groups is 1. The average molecular weight is 371 g/mol. The van der Waals surface area contributed by atoms with Crippen molar-refractivity contribution < 1.29 is 14.5 Å². The maximum absolute atomic E-state index is 12.9. The molecule has 4 rings (SSSR count). The second-order valence-corrected chi connectivity index (χ2v) is 6.12. The van der Waals surface area contributed by atoms with Crippen molar-refractivity contribution in [1.29, 1.82) is 0 Å². The van der Waals surface area contributed by atoms with E-state index < -0.39 is 22.2 Å². The van der Waals surface area contributed by atoms with E-state index in [-0.39, 0.29) is 27.8 Å². The third kappa shape index (κ3) is 2.84. The van der Waals surface area contributed by atoms with Gasteiger partial charge in [0.25, 0.3) is 5.69 Å². The molecule has 3 aromatic carbocycles. The molecular formula is C21H13N3O4. The van der Waals surface area contributed by atoms with Crippen LogP contribution in [0.3, 0.4) is 0 Å². The summed E-state index contributed by atoms with van der Waals surface area (Å²) in [4.78, 5) is 36.7. The Bertz CT molecular complexity index is 1150. The largest absolute Gasteiger partial charge is 0.290 e. The summed E-state index contributed by atoms with van der Waals surface area (Å²) < 4.78 is 0. The van der Waals surface area contributed by atoms with E-state index in [1.807, 2.05) is 18.2 Å². The predicted molar refractivity (Wildman–Crippen MR) is 104 cm³/mol. The summed E-state index contributed by atoms with van der Waals surface area (Å²) in [6.07, 6.45) is 1.27. The molecule has 7 heteroatoms. The molecule has 136 valence electrons. The molecule has 7 nitrogen and oxygen atoms in total. The standard InChI is InChI=1S/C21H13N3O4/c25-20-15-8-4-5-9-16(15)21(26)18-17(20)11-10-13(19(18)24(27)28)12-22-23-14-6-2-1-3-7-14/h1-12,23H. The highest BCUT2D eigenvalue weighted by Gasteiger charge is 2.36. The minimum Gasteiger partial charge on any atom is -0.289 e. The number of para-hydroxylation sites is 1. The van der Waals surface area contributed by atoms with Crippen LogP contribution in [0.2, 0.25) is 0 Å². The van der Waals surface area contributed by atoms with E-state index in [1.165, 1.54) is 24.4 Å². The normalized spacial score (nSPS) is 12.6. The number of nitrogens with zero attached hydrogens (tertiary/aromatic N) is 2. The number of fused-ring (bicyclic) bond motifs is 2. The number of nitro groups is 1. The predicted octanol–water partition coefficient (Wildman–Crippen LogP) is 3.82. The maximum Gasteiger partial charge on any atom is 0.290 e. The molecule has 0 amide bonds. The van der Waals surface area contributed by atoms with Crippen LogP contribution in [0.25, 0.3) is 0 Å². The van der Waals surface area contributed by atoms with Gasteiger partial charge in [-0.2, -0.15) is 5.10 Å². The molecule has 0 bridgehead atoms. The molecule has 0 heterocycles. The molecule has 0 radical (unpaired) electrons. The third-order valence-electron chi connectivity index (χ3n) is 4.45. The molecule has 0 saturated heterocycles. The highest BCUT2D eigenvalue weighted by molar-refractivity contribution is 6.30. The van der Waals surface area contributed by atoms with Crippen LogP contribution in [0.15, 0.2) is 71.8 Å². The van der Waals surface area contributed by atoms with Gasteiger partial charge in [-0.15, -0.1) is 0 Å². The zero-order chi connectivity index (χ0) is 19.7. The summed E-state index contributed by atoms with van der Waals surface area (Å²) in [6.45, 7) is 0. The number of carbonyl (C=O) groups excluding carboxylic acids is 2. The molecule has 3 aromatic rings. The highest BCUT2D eigenvalue weighted by atomic mass is 16.6. The van der Waals surface area contributed by atoms with Gasteiger partial charge in [-0.3, -0.25) is 25.1 Å². The molecule has 0 atom stereocenters.